The summed E-state index contributed by atoms with van der Waals surface area (Å²) >= 11 is 0. The van der Waals surface area contributed by atoms with Crippen LogP contribution < -0.4 is 5.32 Å². The van der Waals surface area contributed by atoms with Crippen molar-refractivity contribution >= 4 is 11.0 Å². The normalized spacial score (nSPS) is 14.7. The summed E-state index contributed by atoms with van der Waals surface area (Å²) in [6.07, 6.45) is 2.34. The Morgan fingerprint density at radius 2 is 2.05 bits per heavy atom. The first kappa shape index (κ1) is 14.1. The third kappa shape index (κ3) is 3.19. The molecular weight excluding hydrogens is 234 g/mol. The summed E-state index contributed by atoms with van der Waals surface area (Å²) in [5, 5.41) is 4.76. The van der Waals surface area contributed by atoms with Gasteiger partial charge in [-0.25, -0.2) is 0 Å². The van der Waals surface area contributed by atoms with Crippen molar-refractivity contribution in [2.75, 3.05) is 6.54 Å². The first-order chi connectivity index (χ1) is 9.15. The van der Waals surface area contributed by atoms with E-state index in [0.29, 0.717) is 12.0 Å². The van der Waals surface area contributed by atoms with Gasteiger partial charge in [-0.15, -0.1) is 0 Å². The van der Waals surface area contributed by atoms with Crippen molar-refractivity contribution in [3.8, 4) is 0 Å². The van der Waals surface area contributed by atoms with Gasteiger partial charge in [0.1, 0.15) is 11.3 Å². The molecule has 2 aromatic rings. The minimum Gasteiger partial charge on any atom is -0.459 e. The molecule has 0 bridgehead atoms. The number of hydrogen-bond acceptors (Lipinski definition) is 2. The highest BCUT2D eigenvalue weighted by Crippen LogP contribution is 2.30. The molecule has 0 aliphatic rings. The molecule has 0 radical (unpaired) electrons. The van der Waals surface area contributed by atoms with Gasteiger partial charge in [0, 0.05) is 5.39 Å². The van der Waals surface area contributed by atoms with Crippen molar-refractivity contribution < 1.29 is 4.42 Å². The number of rotatable bonds is 6. The molecule has 0 aliphatic heterocycles. The Balaban J connectivity index is 2.30. The van der Waals surface area contributed by atoms with Crippen molar-refractivity contribution in [1.29, 1.82) is 0 Å². The van der Waals surface area contributed by atoms with E-state index in [1.165, 1.54) is 17.4 Å². The van der Waals surface area contributed by atoms with Crippen LogP contribution >= 0.6 is 0 Å². The third-order valence-electron chi connectivity index (χ3n) is 3.89. The van der Waals surface area contributed by atoms with Crippen LogP contribution in [-0.2, 0) is 0 Å². The van der Waals surface area contributed by atoms with Gasteiger partial charge in [0.2, 0.25) is 0 Å². The molecule has 19 heavy (non-hydrogen) atoms. The lowest BCUT2D eigenvalue weighted by atomic mass is 9.97. The maximum atomic E-state index is 6.10. The molecule has 0 amide bonds. The van der Waals surface area contributed by atoms with Crippen LogP contribution in [0, 0.1) is 12.8 Å². The van der Waals surface area contributed by atoms with Crippen molar-refractivity contribution in [1.82, 2.24) is 5.32 Å². The van der Waals surface area contributed by atoms with Crippen molar-refractivity contribution in [2.24, 2.45) is 5.92 Å². The minimum atomic E-state index is 0.326. The average molecular weight is 259 g/mol. The summed E-state index contributed by atoms with van der Waals surface area (Å²) in [4.78, 5) is 0. The fourth-order valence-corrected chi connectivity index (χ4v) is 2.52. The predicted octanol–water partition coefficient (Wildman–Crippen LogP) is 4.83. The van der Waals surface area contributed by atoms with E-state index in [0.717, 1.165) is 24.3 Å². The first-order valence-corrected chi connectivity index (χ1v) is 7.38. The monoisotopic (exact) mass is 259 g/mol. The topological polar surface area (TPSA) is 25.2 Å². The highest BCUT2D eigenvalue weighted by Gasteiger charge is 2.18. The lowest BCUT2D eigenvalue weighted by Gasteiger charge is -2.19. The van der Waals surface area contributed by atoms with Crippen molar-refractivity contribution in [3.05, 3.63) is 35.6 Å². The molecule has 2 nitrogen and oxygen atoms in total. The number of hydrogen-bond donors (Lipinski definition) is 1. The van der Waals surface area contributed by atoms with Gasteiger partial charge in [-0.3, -0.25) is 0 Å². The lowest BCUT2D eigenvalue weighted by molar-refractivity contribution is 0.359. The molecule has 1 N–H and O–H groups in total. The van der Waals surface area contributed by atoms with E-state index in [2.05, 4.69) is 57.3 Å². The molecule has 1 heterocycles. The zero-order valence-electron chi connectivity index (χ0n) is 12.5. The van der Waals surface area contributed by atoms with E-state index in [1.807, 2.05) is 0 Å². The molecular formula is C17H25NO. The molecule has 2 heteroatoms. The Kier molecular flexibility index (Phi) is 4.65. The third-order valence-corrected chi connectivity index (χ3v) is 3.89. The highest BCUT2D eigenvalue weighted by molar-refractivity contribution is 5.80. The van der Waals surface area contributed by atoms with E-state index >= 15 is 0 Å². The molecule has 2 atom stereocenters. The van der Waals surface area contributed by atoms with Crippen LogP contribution in [0.3, 0.4) is 0 Å². The Bertz CT molecular complexity index is 529. The van der Waals surface area contributed by atoms with Crippen LogP contribution in [0.1, 0.15) is 51.0 Å². The average Bonchev–Trinajstić information content (AvgIpc) is 2.83. The van der Waals surface area contributed by atoms with Crippen LogP contribution in [0.25, 0.3) is 11.0 Å². The standard InChI is InChI=1S/C17H25NO/c1-5-12(3)10-15(18-6-2)16-11-14-9-7-8-13(4)17(14)19-16/h7-9,11-12,15,18H,5-6,10H2,1-4H3. The Labute approximate surface area is 116 Å². The zero-order valence-corrected chi connectivity index (χ0v) is 12.5. The summed E-state index contributed by atoms with van der Waals surface area (Å²) in [7, 11) is 0. The molecule has 2 unspecified atom stereocenters. The Morgan fingerprint density at radius 1 is 1.26 bits per heavy atom. The fourth-order valence-electron chi connectivity index (χ4n) is 2.52. The van der Waals surface area contributed by atoms with E-state index in [-0.39, 0.29) is 0 Å². The van der Waals surface area contributed by atoms with Gasteiger partial charge in [-0.1, -0.05) is 45.4 Å². The highest BCUT2D eigenvalue weighted by atomic mass is 16.3. The van der Waals surface area contributed by atoms with Gasteiger partial charge in [0.05, 0.1) is 6.04 Å². The predicted molar refractivity (Wildman–Crippen MR) is 81.4 cm³/mol. The van der Waals surface area contributed by atoms with Crippen molar-refractivity contribution in [3.63, 3.8) is 0 Å². The van der Waals surface area contributed by atoms with Gasteiger partial charge >= 0.3 is 0 Å². The molecule has 1 aromatic heterocycles. The number of furan rings is 1. The summed E-state index contributed by atoms with van der Waals surface area (Å²) in [5.41, 5.74) is 2.24. The lowest BCUT2D eigenvalue weighted by Crippen LogP contribution is -2.22. The molecule has 0 saturated heterocycles. The van der Waals surface area contributed by atoms with E-state index in [4.69, 9.17) is 4.42 Å². The van der Waals surface area contributed by atoms with Crippen LogP contribution in [0.5, 0.6) is 0 Å². The number of aryl methyl sites for hydroxylation is 1. The smallest absolute Gasteiger partial charge is 0.137 e. The van der Waals surface area contributed by atoms with Crippen LogP contribution in [-0.4, -0.2) is 6.54 Å². The molecule has 0 saturated carbocycles. The Hall–Kier alpha value is -1.28. The van der Waals surface area contributed by atoms with E-state index in [1.54, 1.807) is 0 Å². The molecule has 0 aliphatic carbocycles. The van der Waals surface area contributed by atoms with Gasteiger partial charge < -0.3 is 9.73 Å². The molecule has 1 aromatic carbocycles. The van der Waals surface area contributed by atoms with Gasteiger partial charge in [-0.05, 0) is 37.4 Å². The van der Waals surface area contributed by atoms with Crippen LogP contribution in [0.2, 0.25) is 0 Å². The van der Waals surface area contributed by atoms with Gasteiger partial charge in [0.15, 0.2) is 0 Å². The number of para-hydroxylation sites is 1. The van der Waals surface area contributed by atoms with E-state index < -0.39 is 0 Å². The number of benzene rings is 1. The summed E-state index contributed by atoms with van der Waals surface area (Å²) in [6.45, 7) is 9.77. The summed E-state index contributed by atoms with van der Waals surface area (Å²) < 4.78 is 6.10. The molecule has 104 valence electrons. The number of nitrogens with one attached hydrogen (secondary N) is 1. The summed E-state index contributed by atoms with van der Waals surface area (Å²) in [5.74, 6) is 1.78. The first-order valence-electron chi connectivity index (χ1n) is 7.38. The minimum absolute atomic E-state index is 0.326. The quantitative estimate of drug-likeness (QED) is 0.804. The Morgan fingerprint density at radius 3 is 2.68 bits per heavy atom. The maximum absolute atomic E-state index is 6.10. The largest absolute Gasteiger partial charge is 0.459 e. The fraction of sp³-hybridized carbons (Fsp3) is 0.529. The number of fused-ring (bicyclic) bond motifs is 1. The zero-order chi connectivity index (χ0) is 13.8. The van der Waals surface area contributed by atoms with Crippen LogP contribution in [0.15, 0.2) is 28.7 Å². The second-order valence-electron chi connectivity index (χ2n) is 5.50. The van der Waals surface area contributed by atoms with Gasteiger partial charge in [0.25, 0.3) is 0 Å². The second-order valence-corrected chi connectivity index (χ2v) is 5.50. The van der Waals surface area contributed by atoms with Crippen LogP contribution in [0.4, 0.5) is 0 Å². The second kappa shape index (κ2) is 6.25. The maximum Gasteiger partial charge on any atom is 0.137 e. The van der Waals surface area contributed by atoms with E-state index in [9.17, 15) is 0 Å². The van der Waals surface area contributed by atoms with Crippen molar-refractivity contribution in [2.45, 2.75) is 46.6 Å². The SMILES string of the molecule is CCNC(CC(C)CC)c1cc2cccc(C)c2o1. The molecule has 0 fully saturated rings. The summed E-state index contributed by atoms with van der Waals surface area (Å²) in [6, 6.07) is 8.84. The molecule has 2 rings (SSSR count). The van der Waals surface area contributed by atoms with Gasteiger partial charge in [-0.2, -0.15) is 0 Å². The molecule has 0 spiro atoms.